The second kappa shape index (κ2) is 3.91. The van der Waals surface area contributed by atoms with Gasteiger partial charge in [0, 0.05) is 29.3 Å². The quantitative estimate of drug-likeness (QED) is 0.497. The second-order valence-electron chi connectivity index (χ2n) is 4.08. The predicted molar refractivity (Wildman–Crippen MR) is 69.9 cm³/mol. The van der Waals surface area contributed by atoms with Crippen molar-refractivity contribution in [3.05, 3.63) is 67.0 Å². The molecule has 2 heteroatoms. The minimum Gasteiger partial charge on any atom is -0.399 e. The molecule has 0 unspecified atom stereocenters. The molecule has 3 aromatic rings. The highest BCUT2D eigenvalue weighted by Gasteiger charge is 2.06. The molecule has 0 aliphatic heterocycles. The molecule has 17 heavy (non-hydrogen) atoms. The minimum absolute atomic E-state index is 0.781. The largest absolute Gasteiger partial charge is 0.399 e. The molecule has 0 bridgehead atoms. The maximum Gasteiger partial charge on any atom is 0.212 e. The summed E-state index contributed by atoms with van der Waals surface area (Å²) < 4.78 is 2.08. The van der Waals surface area contributed by atoms with E-state index in [0.717, 1.165) is 11.4 Å². The lowest BCUT2D eigenvalue weighted by molar-refractivity contribution is -0.594. The van der Waals surface area contributed by atoms with Crippen LogP contribution in [0.1, 0.15) is 0 Å². The summed E-state index contributed by atoms with van der Waals surface area (Å²) in [6, 6.07) is 18.3. The van der Waals surface area contributed by atoms with Crippen molar-refractivity contribution >= 4 is 16.5 Å². The Kier molecular flexibility index (Phi) is 2.26. The SMILES string of the molecule is Nc1cccc(-[n+]2ccc3ccccc3c2)c1. The van der Waals surface area contributed by atoms with Crippen LogP contribution >= 0.6 is 0 Å². The summed E-state index contributed by atoms with van der Waals surface area (Å²) in [5.41, 5.74) is 7.66. The maximum atomic E-state index is 5.80. The van der Waals surface area contributed by atoms with Crippen molar-refractivity contribution in [2.24, 2.45) is 0 Å². The number of rotatable bonds is 1. The van der Waals surface area contributed by atoms with E-state index in [2.05, 4.69) is 35.2 Å². The minimum atomic E-state index is 0.781. The maximum absolute atomic E-state index is 5.80. The number of nitrogens with two attached hydrogens (primary N) is 1. The first-order valence-electron chi connectivity index (χ1n) is 5.59. The monoisotopic (exact) mass is 221 g/mol. The van der Waals surface area contributed by atoms with Gasteiger partial charge in [-0.3, -0.25) is 0 Å². The Morgan fingerprint density at radius 2 is 1.65 bits per heavy atom. The third kappa shape index (κ3) is 1.85. The molecule has 82 valence electrons. The first-order chi connectivity index (χ1) is 8.33. The van der Waals surface area contributed by atoms with E-state index in [9.17, 15) is 0 Å². The van der Waals surface area contributed by atoms with Gasteiger partial charge in [0.05, 0.1) is 0 Å². The molecular weight excluding hydrogens is 208 g/mol. The summed E-state index contributed by atoms with van der Waals surface area (Å²) in [7, 11) is 0. The van der Waals surface area contributed by atoms with Crippen LogP contribution in [0.3, 0.4) is 0 Å². The summed E-state index contributed by atoms with van der Waals surface area (Å²) >= 11 is 0. The standard InChI is InChI=1S/C15H13N2/c16-14-6-3-7-15(10-14)17-9-8-12-4-1-2-5-13(12)11-17/h1-11H,16H2/q+1. The normalized spacial score (nSPS) is 10.6. The summed E-state index contributed by atoms with van der Waals surface area (Å²) in [5, 5.41) is 2.46. The third-order valence-corrected chi connectivity index (χ3v) is 2.86. The van der Waals surface area contributed by atoms with Crippen molar-refractivity contribution < 1.29 is 4.57 Å². The summed E-state index contributed by atoms with van der Waals surface area (Å²) in [6.45, 7) is 0. The van der Waals surface area contributed by atoms with Gasteiger partial charge in [0.1, 0.15) is 0 Å². The molecule has 0 spiro atoms. The zero-order valence-electron chi connectivity index (χ0n) is 9.38. The number of fused-ring (bicyclic) bond motifs is 1. The highest BCUT2D eigenvalue weighted by molar-refractivity contribution is 5.80. The third-order valence-electron chi connectivity index (χ3n) is 2.86. The van der Waals surface area contributed by atoms with Crippen LogP contribution in [-0.4, -0.2) is 0 Å². The Morgan fingerprint density at radius 3 is 2.47 bits per heavy atom. The second-order valence-corrected chi connectivity index (χ2v) is 4.08. The van der Waals surface area contributed by atoms with E-state index in [1.54, 1.807) is 0 Å². The Morgan fingerprint density at radius 1 is 0.824 bits per heavy atom. The van der Waals surface area contributed by atoms with Gasteiger partial charge >= 0.3 is 0 Å². The van der Waals surface area contributed by atoms with E-state index in [1.165, 1.54) is 10.8 Å². The molecule has 3 rings (SSSR count). The van der Waals surface area contributed by atoms with Crippen LogP contribution in [0.2, 0.25) is 0 Å². The Bertz CT molecular complexity index is 674. The van der Waals surface area contributed by atoms with Crippen LogP contribution in [0.15, 0.2) is 67.0 Å². The van der Waals surface area contributed by atoms with E-state index in [0.29, 0.717) is 0 Å². The number of nitrogens with zero attached hydrogens (tertiary/aromatic N) is 1. The summed E-state index contributed by atoms with van der Waals surface area (Å²) in [6.07, 6.45) is 4.17. The van der Waals surface area contributed by atoms with Crippen LogP contribution in [0, 0.1) is 0 Å². The summed E-state index contributed by atoms with van der Waals surface area (Å²) in [4.78, 5) is 0. The van der Waals surface area contributed by atoms with E-state index >= 15 is 0 Å². The average Bonchev–Trinajstić information content (AvgIpc) is 2.38. The molecule has 1 aromatic heterocycles. The molecule has 0 amide bonds. The molecule has 2 nitrogen and oxygen atoms in total. The van der Waals surface area contributed by atoms with Gasteiger partial charge in [-0.15, -0.1) is 0 Å². The fourth-order valence-corrected chi connectivity index (χ4v) is 1.98. The van der Waals surface area contributed by atoms with Crippen LogP contribution in [0.5, 0.6) is 0 Å². The number of pyridine rings is 1. The van der Waals surface area contributed by atoms with Gasteiger partial charge in [-0.25, -0.2) is 0 Å². The van der Waals surface area contributed by atoms with Crippen molar-refractivity contribution in [1.82, 2.24) is 0 Å². The molecule has 0 radical (unpaired) electrons. The fourth-order valence-electron chi connectivity index (χ4n) is 1.98. The number of nitrogen functional groups attached to an aromatic ring is 1. The van der Waals surface area contributed by atoms with E-state index in [1.807, 2.05) is 36.4 Å². The van der Waals surface area contributed by atoms with Gasteiger partial charge < -0.3 is 5.73 Å². The molecule has 0 saturated heterocycles. The Hall–Kier alpha value is -2.35. The first-order valence-corrected chi connectivity index (χ1v) is 5.59. The molecule has 0 aliphatic carbocycles. The van der Waals surface area contributed by atoms with Gasteiger partial charge in [-0.1, -0.05) is 24.3 Å². The zero-order chi connectivity index (χ0) is 11.7. The van der Waals surface area contributed by atoms with Crippen molar-refractivity contribution in [3.8, 4) is 5.69 Å². The van der Waals surface area contributed by atoms with Crippen LogP contribution < -0.4 is 10.3 Å². The van der Waals surface area contributed by atoms with Gasteiger partial charge in [-0.2, -0.15) is 4.57 Å². The zero-order valence-corrected chi connectivity index (χ0v) is 9.38. The predicted octanol–water partition coefficient (Wildman–Crippen LogP) is 2.70. The topological polar surface area (TPSA) is 29.9 Å². The van der Waals surface area contributed by atoms with Gasteiger partial charge in [0.2, 0.25) is 5.69 Å². The number of hydrogen-bond acceptors (Lipinski definition) is 1. The van der Waals surface area contributed by atoms with Crippen LogP contribution in [-0.2, 0) is 0 Å². The van der Waals surface area contributed by atoms with Gasteiger partial charge in [-0.05, 0) is 17.5 Å². The number of aromatic nitrogens is 1. The van der Waals surface area contributed by atoms with E-state index in [-0.39, 0.29) is 0 Å². The van der Waals surface area contributed by atoms with Gasteiger partial charge in [0.25, 0.3) is 0 Å². The highest BCUT2D eigenvalue weighted by Crippen LogP contribution is 2.12. The molecule has 0 atom stereocenters. The Labute approximate surface area is 99.9 Å². The molecule has 2 aromatic carbocycles. The van der Waals surface area contributed by atoms with Crippen molar-refractivity contribution in [3.63, 3.8) is 0 Å². The van der Waals surface area contributed by atoms with E-state index in [4.69, 9.17) is 5.73 Å². The number of hydrogen-bond donors (Lipinski definition) is 1. The lowest BCUT2D eigenvalue weighted by atomic mass is 10.2. The molecule has 0 aliphatic rings. The average molecular weight is 221 g/mol. The first kappa shape index (κ1) is 9.85. The lowest BCUT2D eigenvalue weighted by Crippen LogP contribution is -2.29. The van der Waals surface area contributed by atoms with Crippen LogP contribution in [0.25, 0.3) is 16.5 Å². The Balaban J connectivity index is 2.18. The highest BCUT2D eigenvalue weighted by atomic mass is 14.9. The fraction of sp³-hybridized carbons (Fsp3) is 0. The smallest absolute Gasteiger partial charge is 0.212 e. The number of benzene rings is 2. The molecule has 0 fully saturated rings. The van der Waals surface area contributed by atoms with E-state index < -0.39 is 0 Å². The van der Waals surface area contributed by atoms with Crippen molar-refractivity contribution in [2.45, 2.75) is 0 Å². The molecule has 0 saturated carbocycles. The van der Waals surface area contributed by atoms with Gasteiger partial charge in [0.15, 0.2) is 12.4 Å². The van der Waals surface area contributed by atoms with Crippen molar-refractivity contribution in [2.75, 3.05) is 5.73 Å². The lowest BCUT2D eigenvalue weighted by Gasteiger charge is -1.99. The molecular formula is C15H13N2+. The van der Waals surface area contributed by atoms with Crippen molar-refractivity contribution in [1.29, 1.82) is 0 Å². The molecule has 2 N–H and O–H groups in total. The van der Waals surface area contributed by atoms with Crippen LogP contribution in [0.4, 0.5) is 5.69 Å². The summed E-state index contributed by atoms with van der Waals surface area (Å²) in [5.74, 6) is 0. The molecule has 1 heterocycles. The number of anilines is 1.